The lowest BCUT2D eigenvalue weighted by molar-refractivity contribution is -0.173. The molecule has 1 aromatic carbocycles. The number of nitrogens with zero attached hydrogens (tertiary/aromatic N) is 1. The molecular weight excluding hydrogens is 358 g/mol. The second-order valence-electron chi connectivity index (χ2n) is 4.81. The predicted octanol–water partition coefficient (Wildman–Crippen LogP) is 2.66. The number of carbonyl (C=O) groups excluding carboxylic acids is 2. The van der Waals surface area contributed by atoms with Gasteiger partial charge in [0.15, 0.2) is 0 Å². The van der Waals surface area contributed by atoms with E-state index >= 15 is 0 Å². The minimum atomic E-state index is -5.03. The van der Waals surface area contributed by atoms with Crippen LogP contribution >= 0.6 is 0 Å². The number of halogens is 6. The maximum atomic E-state index is 12.4. The lowest BCUT2D eigenvalue weighted by Gasteiger charge is -2.19. The van der Waals surface area contributed by atoms with Crippen LogP contribution in [-0.2, 0) is 9.59 Å². The van der Waals surface area contributed by atoms with Gasteiger partial charge in [0.05, 0.1) is 6.61 Å². The van der Waals surface area contributed by atoms with Gasteiger partial charge < -0.3 is 15.0 Å². The van der Waals surface area contributed by atoms with Gasteiger partial charge in [0.25, 0.3) is 0 Å². The van der Waals surface area contributed by atoms with Crippen LogP contribution in [0.25, 0.3) is 0 Å². The molecule has 0 saturated carbocycles. The standard InChI is InChI=1S/C14H14F6N2O3/c1-22(12(24)14(18,19)20)9-4-2-5-10(8-9)25-7-3-6-21-11(23)13(15,16)17/h2,4-5,8H,3,6-7H2,1H3,(H,21,23). The van der Waals surface area contributed by atoms with E-state index in [2.05, 4.69) is 0 Å². The largest absolute Gasteiger partial charge is 0.493 e. The zero-order chi connectivity index (χ0) is 19.3. The number of anilines is 1. The first kappa shape index (κ1) is 20.6. The highest BCUT2D eigenvalue weighted by Crippen LogP contribution is 2.25. The molecule has 0 fully saturated rings. The van der Waals surface area contributed by atoms with E-state index in [1.54, 1.807) is 5.32 Å². The monoisotopic (exact) mass is 372 g/mol. The van der Waals surface area contributed by atoms with Gasteiger partial charge in [0.1, 0.15) is 5.75 Å². The van der Waals surface area contributed by atoms with Crippen LogP contribution in [0.3, 0.4) is 0 Å². The summed E-state index contributed by atoms with van der Waals surface area (Å²) in [5.41, 5.74) is -0.0646. The minimum Gasteiger partial charge on any atom is -0.493 e. The van der Waals surface area contributed by atoms with E-state index in [9.17, 15) is 35.9 Å². The van der Waals surface area contributed by atoms with Gasteiger partial charge in [-0.1, -0.05) is 6.07 Å². The number of alkyl halides is 6. The second kappa shape index (κ2) is 8.08. The smallest absolute Gasteiger partial charge is 0.471 e. The number of nitrogens with one attached hydrogen (secondary N) is 1. The fourth-order valence-corrected chi connectivity index (χ4v) is 1.65. The SMILES string of the molecule is CN(C(=O)C(F)(F)F)c1cccc(OCCCNC(=O)C(F)(F)F)c1. The molecule has 0 heterocycles. The van der Waals surface area contributed by atoms with Crippen molar-refractivity contribution in [3.63, 3.8) is 0 Å². The summed E-state index contributed by atoms with van der Waals surface area (Å²) in [4.78, 5) is 22.1. The summed E-state index contributed by atoms with van der Waals surface area (Å²) >= 11 is 0. The zero-order valence-electron chi connectivity index (χ0n) is 12.9. The number of carbonyl (C=O) groups is 2. The molecule has 0 aromatic heterocycles. The van der Waals surface area contributed by atoms with Crippen LogP contribution in [0.4, 0.5) is 32.0 Å². The number of hydrogen-bond donors (Lipinski definition) is 1. The number of amides is 2. The molecule has 11 heteroatoms. The van der Waals surface area contributed by atoms with Crippen LogP contribution < -0.4 is 15.0 Å². The number of rotatable bonds is 6. The quantitative estimate of drug-likeness (QED) is 0.617. The van der Waals surface area contributed by atoms with Crippen molar-refractivity contribution in [1.82, 2.24) is 5.32 Å². The van der Waals surface area contributed by atoms with Crippen LogP contribution in [0, 0.1) is 0 Å². The topological polar surface area (TPSA) is 58.6 Å². The Morgan fingerprint density at radius 2 is 1.76 bits per heavy atom. The Hall–Kier alpha value is -2.46. The van der Waals surface area contributed by atoms with Gasteiger partial charge in [-0.05, 0) is 18.6 Å². The molecule has 25 heavy (non-hydrogen) atoms. The van der Waals surface area contributed by atoms with Gasteiger partial charge in [0, 0.05) is 25.3 Å². The van der Waals surface area contributed by atoms with E-state index in [-0.39, 0.29) is 31.0 Å². The molecular formula is C14H14F6N2O3. The van der Waals surface area contributed by atoms with Gasteiger partial charge >= 0.3 is 24.2 Å². The third kappa shape index (κ3) is 6.51. The molecule has 1 aromatic rings. The highest BCUT2D eigenvalue weighted by Gasteiger charge is 2.41. The number of benzene rings is 1. The molecule has 0 atom stereocenters. The Balaban J connectivity index is 2.51. The normalized spacial score (nSPS) is 11.8. The van der Waals surface area contributed by atoms with Crippen molar-refractivity contribution in [1.29, 1.82) is 0 Å². The first-order chi connectivity index (χ1) is 11.4. The molecule has 0 bridgehead atoms. The summed E-state index contributed by atoms with van der Waals surface area (Å²) in [5.74, 6) is -4.00. The van der Waals surface area contributed by atoms with Crippen molar-refractivity contribution in [3.05, 3.63) is 24.3 Å². The Morgan fingerprint density at radius 3 is 2.32 bits per heavy atom. The van der Waals surface area contributed by atoms with Gasteiger partial charge in [-0.3, -0.25) is 9.59 Å². The third-order valence-electron chi connectivity index (χ3n) is 2.88. The lowest BCUT2D eigenvalue weighted by Crippen LogP contribution is -2.38. The highest BCUT2D eigenvalue weighted by molar-refractivity contribution is 5.96. The summed E-state index contributed by atoms with van der Waals surface area (Å²) < 4.78 is 78.1. The molecule has 2 amide bonds. The number of ether oxygens (including phenoxy) is 1. The minimum absolute atomic E-state index is 0.0450. The summed E-state index contributed by atoms with van der Waals surface area (Å²) in [5, 5.41) is 1.65. The molecule has 5 nitrogen and oxygen atoms in total. The van der Waals surface area contributed by atoms with E-state index in [4.69, 9.17) is 4.74 Å². The molecule has 0 saturated heterocycles. The van der Waals surface area contributed by atoms with E-state index < -0.39 is 24.2 Å². The summed E-state index contributed by atoms with van der Waals surface area (Å²) in [7, 11) is 0.946. The first-order valence-electron chi connectivity index (χ1n) is 6.85. The van der Waals surface area contributed by atoms with E-state index in [1.807, 2.05) is 0 Å². The van der Waals surface area contributed by atoms with Gasteiger partial charge in [-0.2, -0.15) is 26.3 Å². The fraction of sp³-hybridized carbons (Fsp3) is 0.429. The molecule has 0 spiro atoms. The lowest BCUT2D eigenvalue weighted by atomic mass is 10.2. The molecule has 1 rings (SSSR count). The highest BCUT2D eigenvalue weighted by atomic mass is 19.4. The Labute approximate surface area is 138 Å². The van der Waals surface area contributed by atoms with Crippen LogP contribution in [0.15, 0.2) is 24.3 Å². The average molecular weight is 372 g/mol. The van der Waals surface area contributed by atoms with Crippen LogP contribution in [0.2, 0.25) is 0 Å². The summed E-state index contributed by atoms with van der Waals surface area (Å²) in [6, 6.07) is 5.21. The molecule has 0 radical (unpaired) electrons. The van der Waals surface area contributed by atoms with Crippen molar-refractivity contribution in [2.75, 3.05) is 25.1 Å². The first-order valence-corrected chi connectivity index (χ1v) is 6.85. The van der Waals surface area contributed by atoms with Crippen molar-refractivity contribution in [2.45, 2.75) is 18.8 Å². The van der Waals surface area contributed by atoms with Crippen molar-refractivity contribution < 1.29 is 40.7 Å². The average Bonchev–Trinajstić information content (AvgIpc) is 2.51. The summed E-state index contributed by atoms with van der Waals surface area (Å²) in [6.45, 7) is -0.372. The number of hydrogen-bond acceptors (Lipinski definition) is 3. The van der Waals surface area contributed by atoms with Crippen LogP contribution in [0.5, 0.6) is 5.75 Å². The van der Waals surface area contributed by atoms with Crippen LogP contribution in [0.1, 0.15) is 6.42 Å². The molecule has 0 unspecified atom stereocenters. The van der Waals surface area contributed by atoms with E-state index in [0.29, 0.717) is 4.90 Å². The molecule has 0 aliphatic rings. The fourth-order valence-electron chi connectivity index (χ4n) is 1.65. The van der Waals surface area contributed by atoms with Crippen molar-refractivity contribution >= 4 is 17.5 Å². The molecule has 140 valence electrons. The summed E-state index contributed by atoms with van der Waals surface area (Å²) in [6.07, 6.45) is -9.95. The maximum Gasteiger partial charge on any atom is 0.471 e. The third-order valence-corrected chi connectivity index (χ3v) is 2.88. The predicted molar refractivity (Wildman–Crippen MR) is 75.1 cm³/mol. The Kier molecular flexibility index (Phi) is 6.65. The Morgan fingerprint density at radius 1 is 1.12 bits per heavy atom. The van der Waals surface area contributed by atoms with Crippen molar-refractivity contribution in [3.8, 4) is 5.75 Å². The second-order valence-corrected chi connectivity index (χ2v) is 4.81. The van der Waals surface area contributed by atoms with Gasteiger partial charge in [-0.15, -0.1) is 0 Å². The maximum absolute atomic E-state index is 12.4. The zero-order valence-corrected chi connectivity index (χ0v) is 12.9. The van der Waals surface area contributed by atoms with Gasteiger partial charge in [0.2, 0.25) is 0 Å². The molecule has 1 N–H and O–H groups in total. The van der Waals surface area contributed by atoms with Crippen molar-refractivity contribution in [2.24, 2.45) is 0 Å². The van der Waals surface area contributed by atoms with E-state index in [0.717, 1.165) is 7.05 Å². The molecule has 0 aliphatic heterocycles. The van der Waals surface area contributed by atoms with Crippen LogP contribution in [-0.4, -0.2) is 44.4 Å². The Bertz CT molecular complexity index is 615. The van der Waals surface area contributed by atoms with E-state index in [1.165, 1.54) is 24.3 Å². The molecule has 0 aliphatic carbocycles. The van der Waals surface area contributed by atoms with Gasteiger partial charge in [-0.25, -0.2) is 0 Å².